The molecule has 118 valence electrons. The van der Waals surface area contributed by atoms with Crippen LogP contribution in [0.1, 0.15) is 6.92 Å². The first kappa shape index (κ1) is 15.8. The van der Waals surface area contributed by atoms with Gasteiger partial charge in [0, 0.05) is 5.69 Å². The van der Waals surface area contributed by atoms with Crippen LogP contribution in [0.2, 0.25) is 0 Å². The summed E-state index contributed by atoms with van der Waals surface area (Å²) in [6, 6.07) is 5.77. The van der Waals surface area contributed by atoms with E-state index in [0.29, 0.717) is 18.0 Å². The second-order valence-electron chi connectivity index (χ2n) is 4.17. The molecule has 9 heteroatoms. The average molecular weight is 324 g/mol. The summed E-state index contributed by atoms with van der Waals surface area (Å²) >= 11 is 0. The Labute approximate surface area is 128 Å². The van der Waals surface area contributed by atoms with Crippen LogP contribution in [0.3, 0.4) is 0 Å². The Morgan fingerprint density at radius 3 is 2.55 bits per heavy atom. The minimum atomic E-state index is -3.81. The molecule has 0 aliphatic rings. The second kappa shape index (κ2) is 6.48. The monoisotopic (exact) mass is 324 g/mol. The maximum atomic E-state index is 12.2. The van der Waals surface area contributed by atoms with Crippen LogP contribution in [0.15, 0.2) is 35.4 Å². The van der Waals surface area contributed by atoms with Gasteiger partial charge in [-0.2, -0.15) is 4.98 Å². The molecule has 2 aromatic rings. The quantitative estimate of drug-likeness (QED) is 0.768. The first-order valence-electron chi connectivity index (χ1n) is 6.38. The lowest BCUT2D eigenvalue weighted by Crippen LogP contribution is -2.15. The molecule has 3 N–H and O–H groups in total. The summed E-state index contributed by atoms with van der Waals surface area (Å²) < 4.78 is 37.0. The van der Waals surface area contributed by atoms with Gasteiger partial charge in [0.2, 0.25) is 5.95 Å². The minimum absolute atomic E-state index is 0.0538. The number of nitrogens with zero attached hydrogens (tertiary/aromatic N) is 2. The van der Waals surface area contributed by atoms with Crippen molar-refractivity contribution in [2.24, 2.45) is 0 Å². The lowest BCUT2D eigenvalue weighted by atomic mass is 10.3. The molecule has 1 aromatic carbocycles. The van der Waals surface area contributed by atoms with Crippen LogP contribution in [-0.4, -0.2) is 32.1 Å². The predicted octanol–water partition coefficient (Wildman–Crippen LogP) is 1.27. The lowest BCUT2D eigenvalue weighted by molar-refractivity contribution is 0.302. The van der Waals surface area contributed by atoms with Crippen molar-refractivity contribution in [2.75, 3.05) is 24.2 Å². The summed E-state index contributed by atoms with van der Waals surface area (Å²) in [7, 11) is -2.40. The standard InChI is InChI=1S/C13H16N4O4S/c1-3-21-11-8-15-13(16-12(11)20-2)17-22(18,19)10-6-4-9(14)5-7-10/h4-8H,3,14H2,1-2H3,(H,15,16,17). The third-order valence-electron chi connectivity index (χ3n) is 2.63. The van der Waals surface area contributed by atoms with Crippen molar-refractivity contribution in [3.8, 4) is 11.6 Å². The number of nitrogens with two attached hydrogens (primary N) is 1. The van der Waals surface area contributed by atoms with Crippen LogP contribution in [0.25, 0.3) is 0 Å². The number of anilines is 2. The van der Waals surface area contributed by atoms with Gasteiger partial charge >= 0.3 is 0 Å². The third kappa shape index (κ3) is 3.55. The number of hydrogen-bond acceptors (Lipinski definition) is 7. The molecule has 0 atom stereocenters. The molecular weight excluding hydrogens is 308 g/mol. The highest BCUT2D eigenvalue weighted by Gasteiger charge is 2.17. The smallest absolute Gasteiger partial charge is 0.264 e. The van der Waals surface area contributed by atoms with E-state index in [0.717, 1.165) is 0 Å². The van der Waals surface area contributed by atoms with Crippen molar-refractivity contribution in [1.29, 1.82) is 0 Å². The molecule has 0 spiro atoms. The molecule has 0 saturated heterocycles. The van der Waals surface area contributed by atoms with Gasteiger partial charge < -0.3 is 15.2 Å². The van der Waals surface area contributed by atoms with Crippen molar-refractivity contribution < 1.29 is 17.9 Å². The molecule has 0 fully saturated rings. The summed E-state index contributed by atoms with van der Waals surface area (Å²) in [6.07, 6.45) is 1.34. The second-order valence-corrected chi connectivity index (χ2v) is 5.86. The maximum absolute atomic E-state index is 12.2. The lowest BCUT2D eigenvalue weighted by Gasteiger charge is -2.10. The van der Waals surface area contributed by atoms with Gasteiger partial charge in [0.15, 0.2) is 5.75 Å². The highest BCUT2D eigenvalue weighted by atomic mass is 32.2. The maximum Gasteiger partial charge on any atom is 0.264 e. The Morgan fingerprint density at radius 1 is 1.27 bits per heavy atom. The molecule has 8 nitrogen and oxygen atoms in total. The highest BCUT2D eigenvalue weighted by molar-refractivity contribution is 7.92. The molecule has 0 aliphatic heterocycles. The van der Waals surface area contributed by atoms with Gasteiger partial charge in [-0.15, -0.1) is 0 Å². The molecule has 22 heavy (non-hydrogen) atoms. The van der Waals surface area contributed by atoms with Gasteiger partial charge in [0.05, 0.1) is 24.8 Å². The normalized spacial score (nSPS) is 11.0. The fourth-order valence-corrected chi connectivity index (χ4v) is 2.58. The van der Waals surface area contributed by atoms with Gasteiger partial charge in [-0.05, 0) is 31.2 Å². The van der Waals surface area contributed by atoms with Crippen LogP contribution in [-0.2, 0) is 10.0 Å². The fraction of sp³-hybridized carbons (Fsp3) is 0.231. The molecule has 0 bridgehead atoms. The Bertz CT molecular complexity index is 747. The van der Waals surface area contributed by atoms with Crippen molar-refractivity contribution in [2.45, 2.75) is 11.8 Å². The average Bonchev–Trinajstić information content (AvgIpc) is 2.49. The zero-order valence-electron chi connectivity index (χ0n) is 12.1. The third-order valence-corrected chi connectivity index (χ3v) is 3.98. The molecule has 1 aromatic heterocycles. The van der Waals surface area contributed by atoms with Crippen LogP contribution in [0.4, 0.5) is 11.6 Å². The molecule has 0 aliphatic carbocycles. The summed E-state index contributed by atoms with van der Waals surface area (Å²) in [5.41, 5.74) is 6.01. The Balaban J connectivity index is 2.27. The summed E-state index contributed by atoms with van der Waals surface area (Å²) in [6.45, 7) is 2.22. The largest absolute Gasteiger partial charge is 0.487 e. The Kier molecular flexibility index (Phi) is 4.66. The minimum Gasteiger partial charge on any atom is -0.487 e. The molecule has 0 radical (unpaired) electrons. The SMILES string of the molecule is CCOc1cnc(NS(=O)(=O)c2ccc(N)cc2)nc1OC. The number of ether oxygens (including phenoxy) is 2. The topological polar surface area (TPSA) is 116 Å². The zero-order valence-corrected chi connectivity index (χ0v) is 12.9. The van der Waals surface area contributed by atoms with E-state index in [9.17, 15) is 8.42 Å². The van der Waals surface area contributed by atoms with E-state index in [-0.39, 0.29) is 16.7 Å². The number of aromatic nitrogens is 2. The number of hydrogen-bond donors (Lipinski definition) is 2. The van der Waals surface area contributed by atoms with Gasteiger partial charge in [-0.3, -0.25) is 0 Å². The highest BCUT2D eigenvalue weighted by Crippen LogP contribution is 2.25. The van der Waals surface area contributed by atoms with Crippen molar-refractivity contribution in [3.05, 3.63) is 30.5 Å². The Morgan fingerprint density at radius 2 is 1.95 bits per heavy atom. The molecule has 0 amide bonds. The molecule has 2 rings (SSSR count). The molecular formula is C13H16N4O4S. The first-order valence-corrected chi connectivity index (χ1v) is 7.86. The number of nitrogens with one attached hydrogen (secondary N) is 1. The first-order chi connectivity index (χ1) is 10.5. The number of benzene rings is 1. The van der Waals surface area contributed by atoms with E-state index in [1.165, 1.54) is 37.6 Å². The number of sulfonamides is 1. The summed E-state index contributed by atoms with van der Waals surface area (Å²) in [5.74, 6) is 0.365. The number of nitrogen functional groups attached to an aromatic ring is 1. The van der Waals surface area contributed by atoms with Gasteiger partial charge in [-0.1, -0.05) is 0 Å². The van der Waals surface area contributed by atoms with Gasteiger partial charge in [-0.25, -0.2) is 18.1 Å². The van der Waals surface area contributed by atoms with Crippen LogP contribution < -0.4 is 19.9 Å². The van der Waals surface area contributed by atoms with Crippen molar-refractivity contribution >= 4 is 21.7 Å². The zero-order chi connectivity index (χ0) is 16.2. The molecule has 0 unspecified atom stereocenters. The fourth-order valence-electron chi connectivity index (χ4n) is 1.63. The number of methoxy groups -OCH3 is 1. The molecule has 1 heterocycles. The van der Waals surface area contributed by atoms with E-state index in [1.54, 1.807) is 6.92 Å². The van der Waals surface area contributed by atoms with Gasteiger partial charge in [0.1, 0.15) is 0 Å². The summed E-state index contributed by atoms with van der Waals surface area (Å²) in [4.78, 5) is 7.92. The van der Waals surface area contributed by atoms with Crippen LogP contribution >= 0.6 is 0 Å². The molecule has 0 saturated carbocycles. The van der Waals surface area contributed by atoms with Crippen LogP contribution in [0, 0.1) is 0 Å². The van der Waals surface area contributed by atoms with E-state index in [1.807, 2.05) is 0 Å². The van der Waals surface area contributed by atoms with E-state index >= 15 is 0 Å². The van der Waals surface area contributed by atoms with E-state index in [4.69, 9.17) is 15.2 Å². The van der Waals surface area contributed by atoms with E-state index in [2.05, 4.69) is 14.7 Å². The summed E-state index contributed by atoms with van der Waals surface area (Å²) in [5, 5.41) is 0. The van der Waals surface area contributed by atoms with E-state index < -0.39 is 10.0 Å². The van der Waals surface area contributed by atoms with Gasteiger partial charge in [0.25, 0.3) is 15.9 Å². The number of rotatable bonds is 6. The Hall–Kier alpha value is -2.55. The van der Waals surface area contributed by atoms with Crippen molar-refractivity contribution in [3.63, 3.8) is 0 Å². The predicted molar refractivity (Wildman–Crippen MR) is 81.4 cm³/mol. The van der Waals surface area contributed by atoms with Crippen LogP contribution in [0.5, 0.6) is 11.6 Å². The van der Waals surface area contributed by atoms with Crippen molar-refractivity contribution in [1.82, 2.24) is 9.97 Å².